The van der Waals surface area contributed by atoms with E-state index in [1.807, 2.05) is 37.3 Å². The van der Waals surface area contributed by atoms with E-state index in [0.717, 1.165) is 30.4 Å². The van der Waals surface area contributed by atoms with Crippen molar-refractivity contribution in [3.8, 4) is 5.75 Å². The highest BCUT2D eigenvalue weighted by Gasteiger charge is 2.47. The van der Waals surface area contributed by atoms with E-state index in [1.54, 1.807) is 18.2 Å². The molecule has 1 atom stereocenters. The molecule has 4 rings (SSSR count). The van der Waals surface area contributed by atoms with E-state index in [2.05, 4.69) is 18.7 Å². The van der Waals surface area contributed by atoms with Crippen LogP contribution in [0.25, 0.3) is 5.76 Å². The van der Waals surface area contributed by atoms with Gasteiger partial charge in [-0.1, -0.05) is 29.8 Å². The van der Waals surface area contributed by atoms with E-state index < -0.39 is 29.3 Å². The van der Waals surface area contributed by atoms with Gasteiger partial charge in [0, 0.05) is 24.5 Å². The van der Waals surface area contributed by atoms with Crippen molar-refractivity contribution in [2.24, 2.45) is 0 Å². The van der Waals surface area contributed by atoms with Crippen LogP contribution in [0.15, 0.2) is 72.3 Å². The Morgan fingerprint density at radius 2 is 1.72 bits per heavy atom. The van der Waals surface area contributed by atoms with Crippen molar-refractivity contribution in [3.63, 3.8) is 0 Å². The van der Waals surface area contributed by atoms with Crippen molar-refractivity contribution in [1.82, 2.24) is 0 Å². The molecule has 36 heavy (non-hydrogen) atoms. The van der Waals surface area contributed by atoms with Crippen LogP contribution in [-0.4, -0.2) is 37.0 Å². The minimum atomic E-state index is -0.905. The lowest BCUT2D eigenvalue weighted by Gasteiger charge is -2.27. The summed E-state index contributed by atoms with van der Waals surface area (Å²) in [6.07, 6.45) is 0. The Morgan fingerprint density at radius 1 is 1.03 bits per heavy atom. The molecule has 1 N–H and O–H groups in total. The van der Waals surface area contributed by atoms with Crippen molar-refractivity contribution >= 4 is 28.8 Å². The Morgan fingerprint density at radius 3 is 2.33 bits per heavy atom. The topological polar surface area (TPSA) is 70.1 Å². The number of carbonyl (C=O) groups is 2. The number of amides is 1. The molecule has 0 radical (unpaired) electrons. The number of hydrogen-bond donors (Lipinski definition) is 1. The summed E-state index contributed by atoms with van der Waals surface area (Å²) in [6.45, 7) is 7.70. The van der Waals surface area contributed by atoms with Crippen LogP contribution >= 0.6 is 0 Å². The molecule has 0 aliphatic carbocycles. The zero-order chi connectivity index (χ0) is 26.0. The molecule has 1 aliphatic heterocycles. The standard InChI is InChI=1S/C29H29FN2O4/c1-5-31(6-2)21-11-13-22(14-12-21)32-26(19-9-7-8-18(3)16-19)25(28(34)29(32)35)27(33)23-17-20(30)10-15-24(23)36-4/h7-17,26,33H,5-6H2,1-4H3/b27-25+. The number of aryl methyl sites for hydroxylation is 1. The van der Waals surface area contributed by atoms with Crippen molar-refractivity contribution in [2.45, 2.75) is 26.8 Å². The fraction of sp³-hybridized carbons (Fsp3) is 0.241. The number of nitrogens with zero attached hydrogens (tertiary/aromatic N) is 2. The summed E-state index contributed by atoms with van der Waals surface area (Å²) in [7, 11) is 1.39. The van der Waals surface area contributed by atoms with Crippen molar-refractivity contribution in [3.05, 3.63) is 94.8 Å². The first-order chi connectivity index (χ1) is 17.3. The molecule has 1 saturated heterocycles. The minimum Gasteiger partial charge on any atom is -0.507 e. The molecule has 1 unspecified atom stereocenters. The van der Waals surface area contributed by atoms with Gasteiger partial charge in [-0.3, -0.25) is 14.5 Å². The number of rotatable bonds is 7. The maximum atomic E-state index is 14.1. The SMILES string of the molecule is CCN(CC)c1ccc(N2C(=O)C(=O)/C(=C(/O)c3cc(F)ccc3OC)C2c2cccc(C)c2)cc1. The fourth-order valence-electron chi connectivity index (χ4n) is 4.68. The summed E-state index contributed by atoms with van der Waals surface area (Å²) in [4.78, 5) is 30.3. The van der Waals surface area contributed by atoms with E-state index in [0.29, 0.717) is 11.3 Å². The second-order valence-electron chi connectivity index (χ2n) is 8.62. The third-order valence-corrected chi connectivity index (χ3v) is 6.48. The third kappa shape index (κ3) is 4.44. The predicted molar refractivity (Wildman–Crippen MR) is 139 cm³/mol. The molecule has 1 amide bonds. The number of ketones is 1. The van der Waals surface area contributed by atoms with Crippen LogP contribution in [0.4, 0.5) is 15.8 Å². The Hall–Kier alpha value is -4.13. The molecular weight excluding hydrogens is 459 g/mol. The maximum Gasteiger partial charge on any atom is 0.300 e. The number of hydrogen-bond acceptors (Lipinski definition) is 5. The average Bonchev–Trinajstić information content (AvgIpc) is 3.15. The van der Waals surface area contributed by atoms with Gasteiger partial charge in [-0.2, -0.15) is 0 Å². The number of ether oxygens (including phenoxy) is 1. The number of halogens is 1. The van der Waals surface area contributed by atoms with Crippen LogP contribution in [-0.2, 0) is 9.59 Å². The lowest BCUT2D eigenvalue weighted by Crippen LogP contribution is -2.29. The van der Waals surface area contributed by atoms with Crippen LogP contribution in [0.1, 0.15) is 36.6 Å². The molecule has 0 bridgehead atoms. The van der Waals surface area contributed by atoms with Crippen molar-refractivity contribution in [2.75, 3.05) is 30.0 Å². The minimum absolute atomic E-state index is 0.00466. The first-order valence-corrected chi connectivity index (χ1v) is 11.9. The molecule has 0 aromatic heterocycles. The van der Waals surface area contributed by atoms with Gasteiger partial charge in [0.05, 0.1) is 24.3 Å². The molecule has 0 saturated carbocycles. The van der Waals surface area contributed by atoms with Gasteiger partial charge in [0.25, 0.3) is 11.7 Å². The molecule has 3 aromatic carbocycles. The highest BCUT2D eigenvalue weighted by atomic mass is 19.1. The molecule has 1 aliphatic rings. The summed E-state index contributed by atoms with van der Waals surface area (Å²) in [5, 5.41) is 11.3. The quantitative estimate of drug-likeness (QED) is 0.266. The first kappa shape index (κ1) is 25.0. The third-order valence-electron chi connectivity index (χ3n) is 6.48. The molecule has 1 heterocycles. The zero-order valence-corrected chi connectivity index (χ0v) is 20.8. The lowest BCUT2D eigenvalue weighted by molar-refractivity contribution is -0.132. The molecule has 7 heteroatoms. The van der Waals surface area contributed by atoms with Crippen LogP contribution in [0.2, 0.25) is 0 Å². The van der Waals surface area contributed by atoms with Crippen LogP contribution < -0.4 is 14.5 Å². The van der Waals surface area contributed by atoms with E-state index in [-0.39, 0.29) is 16.9 Å². The summed E-state index contributed by atoms with van der Waals surface area (Å²) in [5.74, 6) is -2.53. The molecule has 186 valence electrons. The summed E-state index contributed by atoms with van der Waals surface area (Å²) in [5.41, 5.74) is 2.98. The highest BCUT2D eigenvalue weighted by molar-refractivity contribution is 6.51. The molecule has 0 spiro atoms. The van der Waals surface area contributed by atoms with Gasteiger partial charge in [0.15, 0.2) is 0 Å². The van der Waals surface area contributed by atoms with E-state index in [4.69, 9.17) is 4.74 Å². The Balaban J connectivity index is 1.92. The Kier molecular flexibility index (Phi) is 7.10. The van der Waals surface area contributed by atoms with Gasteiger partial charge in [-0.15, -0.1) is 0 Å². The largest absolute Gasteiger partial charge is 0.507 e. The monoisotopic (exact) mass is 488 g/mol. The second kappa shape index (κ2) is 10.2. The molecule has 6 nitrogen and oxygen atoms in total. The van der Waals surface area contributed by atoms with Crippen LogP contribution in [0.3, 0.4) is 0 Å². The lowest BCUT2D eigenvalue weighted by atomic mass is 9.94. The second-order valence-corrected chi connectivity index (χ2v) is 8.62. The van der Waals surface area contributed by atoms with Gasteiger partial charge < -0.3 is 14.7 Å². The molecule has 3 aromatic rings. The van der Waals surface area contributed by atoms with Gasteiger partial charge in [-0.05, 0) is 68.8 Å². The van der Waals surface area contributed by atoms with Gasteiger partial charge in [0.1, 0.15) is 17.3 Å². The predicted octanol–water partition coefficient (Wildman–Crippen LogP) is 5.62. The number of benzene rings is 3. The van der Waals surface area contributed by atoms with Crippen molar-refractivity contribution in [1.29, 1.82) is 0 Å². The molecular formula is C29H29FN2O4. The first-order valence-electron chi connectivity index (χ1n) is 11.9. The normalized spacial score (nSPS) is 16.9. The zero-order valence-electron chi connectivity index (χ0n) is 20.8. The summed E-state index contributed by atoms with van der Waals surface area (Å²) in [6, 6.07) is 17.6. The van der Waals surface area contributed by atoms with E-state index in [1.165, 1.54) is 24.1 Å². The Bertz CT molecular complexity index is 1330. The van der Waals surface area contributed by atoms with Crippen LogP contribution in [0, 0.1) is 12.7 Å². The summed E-state index contributed by atoms with van der Waals surface area (Å²) < 4.78 is 19.4. The number of carbonyl (C=O) groups excluding carboxylic acids is 2. The van der Waals surface area contributed by atoms with Crippen LogP contribution in [0.5, 0.6) is 5.75 Å². The maximum absolute atomic E-state index is 14.1. The Labute approximate surface area is 210 Å². The average molecular weight is 489 g/mol. The number of Topliss-reactive ketones (excluding diaryl/α,β-unsaturated/α-hetero) is 1. The summed E-state index contributed by atoms with van der Waals surface area (Å²) >= 11 is 0. The van der Waals surface area contributed by atoms with Crippen molar-refractivity contribution < 1.29 is 23.8 Å². The number of aliphatic hydroxyl groups excluding tert-OH is 1. The fourth-order valence-corrected chi connectivity index (χ4v) is 4.68. The number of aliphatic hydroxyl groups is 1. The van der Waals surface area contributed by atoms with Gasteiger partial charge in [0.2, 0.25) is 0 Å². The van der Waals surface area contributed by atoms with E-state index >= 15 is 0 Å². The van der Waals surface area contributed by atoms with Gasteiger partial charge in [-0.25, -0.2) is 4.39 Å². The van der Waals surface area contributed by atoms with Gasteiger partial charge >= 0.3 is 0 Å². The molecule has 1 fully saturated rings. The number of methoxy groups -OCH3 is 1. The highest BCUT2D eigenvalue weighted by Crippen LogP contribution is 2.43. The number of anilines is 2. The van der Waals surface area contributed by atoms with E-state index in [9.17, 15) is 19.1 Å². The smallest absolute Gasteiger partial charge is 0.300 e.